The molecule has 1 heteroatoms. The molecule has 0 aliphatic heterocycles. The molecule has 2 rings (SSSR count). The molecular weight excluding hydrogens is 196 g/mol. The van der Waals surface area contributed by atoms with Crippen LogP contribution in [-0.4, -0.2) is 10.7 Å². The molecule has 0 radical (unpaired) electrons. The van der Waals surface area contributed by atoms with Crippen LogP contribution in [0.2, 0.25) is 0 Å². The Labute approximate surface area is 99.9 Å². The first-order valence-electron chi connectivity index (χ1n) is 6.76. The average molecular weight is 222 g/mol. The molecule has 1 nitrogen and oxygen atoms in total. The average Bonchev–Trinajstić information content (AvgIpc) is 2.15. The van der Waals surface area contributed by atoms with Crippen molar-refractivity contribution < 1.29 is 5.11 Å². The molecule has 0 amide bonds. The van der Waals surface area contributed by atoms with Gasteiger partial charge in [0.05, 0.1) is 5.60 Å². The second-order valence-electron chi connectivity index (χ2n) is 6.80. The second-order valence-corrected chi connectivity index (χ2v) is 6.80. The fourth-order valence-corrected chi connectivity index (χ4v) is 3.75. The standard InChI is InChI=1S/C15H26O/c1-11-6-5-8-15(4)9-7-12(10-13(11)15)14(2,3)16/h10-11,13,16H,5-9H2,1-4H3. The Balaban J connectivity index is 2.28. The van der Waals surface area contributed by atoms with Crippen LogP contribution in [0.5, 0.6) is 0 Å². The molecule has 0 bridgehead atoms. The van der Waals surface area contributed by atoms with Crippen molar-refractivity contribution in [1.82, 2.24) is 0 Å². The van der Waals surface area contributed by atoms with Crippen LogP contribution < -0.4 is 0 Å². The lowest BCUT2D eigenvalue weighted by molar-refractivity contribution is 0.0604. The number of aliphatic hydroxyl groups is 1. The van der Waals surface area contributed by atoms with Crippen molar-refractivity contribution in [3.63, 3.8) is 0 Å². The molecule has 2 aliphatic rings. The Morgan fingerprint density at radius 2 is 2.06 bits per heavy atom. The molecule has 0 spiro atoms. The summed E-state index contributed by atoms with van der Waals surface area (Å²) in [6.45, 7) is 8.68. The van der Waals surface area contributed by atoms with Crippen LogP contribution in [-0.2, 0) is 0 Å². The van der Waals surface area contributed by atoms with Crippen LogP contribution in [0.25, 0.3) is 0 Å². The first-order chi connectivity index (χ1) is 7.33. The molecule has 0 aromatic rings. The summed E-state index contributed by atoms with van der Waals surface area (Å²) in [5.41, 5.74) is 1.16. The van der Waals surface area contributed by atoms with E-state index in [1.165, 1.54) is 31.3 Å². The fourth-order valence-electron chi connectivity index (χ4n) is 3.75. The van der Waals surface area contributed by atoms with E-state index < -0.39 is 5.60 Å². The van der Waals surface area contributed by atoms with Gasteiger partial charge in [-0.1, -0.05) is 32.8 Å². The van der Waals surface area contributed by atoms with E-state index in [1.807, 2.05) is 13.8 Å². The largest absolute Gasteiger partial charge is 0.386 e. The van der Waals surface area contributed by atoms with Gasteiger partial charge in [0, 0.05) is 0 Å². The summed E-state index contributed by atoms with van der Waals surface area (Å²) >= 11 is 0. The minimum absolute atomic E-state index is 0.506. The van der Waals surface area contributed by atoms with E-state index in [1.54, 1.807) is 0 Å². The van der Waals surface area contributed by atoms with Crippen LogP contribution in [0.4, 0.5) is 0 Å². The maximum atomic E-state index is 10.1. The van der Waals surface area contributed by atoms with Crippen LogP contribution in [0, 0.1) is 17.3 Å². The molecule has 2 aliphatic carbocycles. The number of allylic oxidation sites excluding steroid dienone is 1. The molecule has 92 valence electrons. The quantitative estimate of drug-likeness (QED) is 0.667. The molecule has 1 saturated carbocycles. The number of hydrogen-bond donors (Lipinski definition) is 1. The van der Waals surface area contributed by atoms with Gasteiger partial charge >= 0.3 is 0 Å². The van der Waals surface area contributed by atoms with Gasteiger partial charge in [-0.15, -0.1) is 0 Å². The van der Waals surface area contributed by atoms with Gasteiger partial charge in [0.25, 0.3) is 0 Å². The van der Waals surface area contributed by atoms with E-state index >= 15 is 0 Å². The highest BCUT2D eigenvalue weighted by Gasteiger charge is 2.42. The van der Waals surface area contributed by atoms with Gasteiger partial charge < -0.3 is 5.11 Å². The van der Waals surface area contributed by atoms with E-state index in [0.29, 0.717) is 11.3 Å². The van der Waals surface area contributed by atoms with Crippen LogP contribution in [0.3, 0.4) is 0 Å². The van der Waals surface area contributed by atoms with Gasteiger partial charge in [-0.05, 0) is 55.9 Å². The number of rotatable bonds is 1. The highest BCUT2D eigenvalue weighted by molar-refractivity contribution is 5.21. The minimum atomic E-state index is -0.613. The minimum Gasteiger partial charge on any atom is -0.386 e. The highest BCUT2D eigenvalue weighted by atomic mass is 16.3. The zero-order chi connectivity index (χ0) is 12.0. The van der Waals surface area contributed by atoms with Gasteiger partial charge in [0.15, 0.2) is 0 Å². The van der Waals surface area contributed by atoms with Crippen molar-refractivity contribution >= 4 is 0 Å². The summed E-state index contributed by atoms with van der Waals surface area (Å²) in [6, 6.07) is 0. The third-order valence-electron chi connectivity index (χ3n) is 4.96. The second kappa shape index (κ2) is 3.87. The molecule has 3 atom stereocenters. The first kappa shape index (κ1) is 12.2. The predicted octanol–water partition coefficient (Wildman–Crippen LogP) is 3.92. The highest BCUT2D eigenvalue weighted by Crippen LogP contribution is 2.52. The summed E-state index contributed by atoms with van der Waals surface area (Å²) in [6.07, 6.45) is 8.88. The van der Waals surface area contributed by atoms with Gasteiger partial charge in [-0.25, -0.2) is 0 Å². The van der Waals surface area contributed by atoms with E-state index in [2.05, 4.69) is 19.9 Å². The Bertz CT molecular complexity index is 297. The number of hydrogen-bond acceptors (Lipinski definition) is 1. The van der Waals surface area contributed by atoms with Crippen molar-refractivity contribution in [2.24, 2.45) is 17.3 Å². The van der Waals surface area contributed by atoms with Crippen molar-refractivity contribution in [1.29, 1.82) is 0 Å². The molecule has 3 unspecified atom stereocenters. The zero-order valence-electron chi connectivity index (χ0n) is 11.2. The lowest BCUT2D eigenvalue weighted by Gasteiger charge is -2.48. The Kier molecular flexibility index (Phi) is 2.94. The molecule has 1 N–H and O–H groups in total. The van der Waals surface area contributed by atoms with E-state index in [0.717, 1.165) is 12.3 Å². The van der Waals surface area contributed by atoms with Crippen LogP contribution in [0.15, 0.2) is 11.6 Å². The van der Waals surface area contributed by atoms with Crippen molar-refractivity contribution in [2.75, 3.05) is 0 Å². The van der Waals surface area contributed by atoms with E-state index in [4.69, 9.17) is 0 Å². The third-order valence-corrected chi connectivity index (χ3v) is 4.96. The summed E-state index contributed by atoms with van der Waals surface area (Å²) in [7, 11) is 0. The molecule has 16 heavy (non-hydrogen) atoms. The summed E-state index contributed by atoms with van der Waals surface area (Å²) in [5, 5.41) is 10.1. The zero-order valence-corrected chi connectivity index (χ0v) is 11.2. The maximum absolute atomic E-state index is 10.1. The van der Waals surface area contributed by atoms with Crippen molar-refractivity contribution in [2.45, 2.75) is 65.4 Å². The maximum Gasteiger partial charge on any atom is 0.0800 e. The molecule has 0 saturated heterocycles. The van der Waals surface area contributed by atoms with Gasteiger partial charge in [-0.2, -0.15) is 0 Å². The molecule has 0 aromatic heterocycles. The topological polar surface area (TPSA) is 20.2 Å². The first-order valence-corrected chi connectivity index (χ1v) is 6.76. The lowest BCUT2D eigenvalue weighted by Crippen LogP contribution is -2.39. The smallest absolute Gasteiger partial charge is 0.0800 e. The van der Waals surface area contributed by atoms with Crippen LogP contribution in [0.1, 0.15) is 59.8 Å². The fraction of sp³-hybridized carbons (Fsp3) is 0.867. The molecule has 1 fully saturated rings. The Hall–Kier alpha value is -0.300. The lowest BCUT2D eigenvalue weighted by atomic mass is 9.57. The monoisotopic (exact) mass is 222 g/mol. The summed E-state index contributed by atoms with van der Waals surface area (Å²) < 4.78 is 0. The summed E-state index contributed by atoms with van der Waals surface area (Å²) in [5.74, 6) is 1.48. The third kappa shape index (κ3) is 2.07. The Morgan fingerprint density at radius 1 is 1.38 bits per heavy atom. The number of fused-ring (bicyclic) bond motifs is 1. The predicted molar refractivity (Wildman–Crippen MR) is 68.2 cm³/mol. The van der Waals surface area contributed by atoms with Gasteiger partial charge in [-0.3, -0.25) is 0 Å². The van der Waals surface area contributed by atoms with Gasteiger partial charge in [0.2, 0.25) is 0 Å². The van der Waals surface area contributed by atoms with E-state index in [-0.39, 0.29) is 0 Å². The molecule has 0 aromatic carbocycles. The normalized spacial score (nSPS) is 40.2. The van der Waals surface area contributed by atoms with Crippen LogP contribution >= 0.6 is 0 Å². The molecule has 0 heterocycles. The van der Waals surface area contributed by atoms with Crippen molar-refractivity contribution in [3.05, 3.63) is 11.6 Å². The van der Waals surface area contributed by atoms with E-state index in [9.17, 15) is 5.11 Å². The SMILES string of the molecule is CC1CCCC2(C)CCC(C(C)(C)O)=CC12. The Morgan fingerprint density at radius 3 is 2.69 bits per heavy atom. The molecular formula is C15H26O. The summed E-state index contributed by atoms with van der Waals surface area (Å²) in [4.78, 5) is 0. The van der Waals surface area contributed by atoms with Gasteiger partial charge in [0.1, 0.15) is 0 Å². The van der Waals surface area contributed by atoms with Crippen molar-refractivity contribution in [3.8, 4) is 0 Å².